The third kappa shape index (κ3) is 2.75. The van der Waals surface area contributed by atoms with Crippen LogP contribution in [0.4, 0.5) is 5.82 Å². The van der Waals surface area contributed by atoms with Crippen LogP contribution in [0.25, 0.3) is 10.2 Å². The zero-order valence-corrected chi connectivity index (χ0v) is 13.0. The van der Waals surface area contributed by atoms with Crippen molar-refractivity contribution in [3.05, 3.63) is 52.2 Å². The van der Waals surface area contributed by atoms with Crippen molar-refractivity contribution in [2.24, 2.45) is 5.84 Å². The first-order valence-corrected chi connectivity index (χ1v) is 7.78. The lowest BCUT2D eigenvalue weighted by Crippen LogP contribution is -2.11. The number of hydrogen-bond acceptors (Lipinski definition) is 5. The fourth-order valence-electron chi connectivity index (χ4n) is 2.41. The highest BCUT2D eigenvalue weighted by molar-refractivity contribution is 7.18. The van der Waals surface area contributed by atoms with Crippen LogP contribution in [0.15, 0.2) is 30.3 Å². The van der Waals surface area contributed by atoms with Crippen molar-refractivity contribution < 1.29 is 0 Å². The molecule has 0 spiro atoms. The minimum atomic E-state index is 0.727. The van der Waals surface area contributed by atoms with E-state index in [1.807, 2.05) is 6.07 Å². The Bertz CT molecular complexity index is 765. The predicted molar refractivity (Wildman–Crippen MR) is 88.5 cm³/mol. The Labute approximate surface area is 128 Å². The highest BCUT2D eigenvalue weighted by atomic mass is 32.1. The Balaban J connectivity index is 1.93. The molecule has 0 fully saturated rings. The topological polar surface area (TPSA) is 63.8 Å². The van der Waals surface area contributed by atoms with E-state index in [1.54, 1.807) is 11.3 Å². The molecular formula is C16H18N4S. The van der Waals surface area contributed by atoms with Crippen LogP contribution in [0.1, 0.15) is 21.8 Å². The van der Waals surface area contributed by atoms with Crippen LogP contribution in [0.3, 0.4) is 0 Å². The highest BCUT2D eigenvalue weighted by Gasteiger charge is 2.13. The van der Waals surface area contributed by atoms with Gasteiger partial charge in [0, 0.05) is 11.3 Å². The van der Waals surface area contributed by atoms with Crippen LogP contribution in [0, 0.1) is 13.8 Å². The number of hydrogen-bond donors (Lipinski definition) is 2. The Hall–Kier alpha value is -1.98. The summed E-state index contributed by atoms with van der Waals surface area (Å²) < 4.78 is 0. The first-order chi connectivity index (χ1) is 10.2. The number of hydrazine groups is 1. The molecule has 0 radical (unpaired) electrons. The number of nitrogen functional groups attached to an aromatic ring is 1. The van der Waals surface area contributed by atoms with Gasteiger partial charge in [0.1, 0.15) is 10.7 Å². The van der Waals surface area contributed by atoms with Crippen LogP contribution < -0.4 is 11.3 Å². The van der Waals surface area contributed by atoms with Gasteiger partial charge in [-0.05, 0) is 31.4 Å². The summed E-state index contributed by atoms with van der Waals surface area (Å²) in [6.45, 7) is 4.19. The molecule has 1 aromatic carbocycles. The number of nitrogens with zero attached hydrogens (tertiary/aromatic N) is 2. The third-order valence-corrected chi connectivity index (χ3v) is 4.79. The molecule has 21 heavy (non-hydrogen) atoms. The zero-order valence-electron chi connectivity index (χ0n) is 12.2. The molecule has 2 heterocycles. The zero-order chi connectivity index (χ0) is 14.8. The average Bonchev–Trinajstić information content (AvgIpc) is 2.80. The minimum Gasteiger partial charge on any atom is -0.308 e. The summed E-state index contributed by atoms with van der Waals surface area (Å²) in [7, 11) is 0. The molecule has 0 aliphatic rings. The molecule has 108 valence electrons. The molecule has 3 N–H and O–H groups in total. The van der Waals surface area contributed by atoms with Crippen LogP contribution in [0.5, 0.6) is 0 Å². The molecule has 0 aliphatic heterocycles. The van der Waals surface area contributed by atoms with Crippen molar-refractivity contribution in [3.63, 3.8) is 0 Å². The number of aromatic nitrogens is 2. The van der Waals surface area contributed by atoms with Crippen LogP contribution in [0.2, 0.25) is 0 Å². The molecule has 3 rings (SSSR count). The fourth-order valence-corrected chi connectivity index (χ4v) is 3.46. The van der Waals surface area contributed by atoms with Crippen molar-refractivity contribution in [1.29, 1.82) is 0 Å². The molecule has 0 saturated carbocycles. The largest absolute Gasteiger partial charge is 0.308 e. The highest BCUT2D eigenvalue weighted by Crippen LogP contribution is 2.32. The van der Waals surface area contributed by atoms with Gasteiger partial charge in [0.2, 0.25) is 0 Å². The SMILES string of the molecule is Cc1sc2nc(CCc3ccccc3)nc(NN)c2c1C. The summed E-state index contributed by atoms with van der Waals surface area (Å²) in [6, 6.07) is 10.4. The van der Waals surface area contributed by atoms with Crippen LogP contribution in [-0.4, -0.2) is 9.97 Å². The van der Waals surface area contributed by atoms with Gasteiger partial charge in [-0.1, -0.05) is 30.3 Å². The molecule has 2 aromatic heterocycles. The number of benzene rings is 1. The van der Waals surface area contributed by atoms with Crippen molar-refractivity contribution in [2.45, 2.75) is 26.7 Å². The monoisotopic (exact) mass is 298 g/mol. The molecule has 5 heteroatoms. The van der Waals surface area contributed by atoms with E-state index in [0.717, 1.165) is 34.7 Å². The second-order valence-electron chi connectivity index (χ2n) is 5.08. The first-order valence-electron chi connectivity index (χ1n) is 6.96. The second-order valence-corrected chi connectivity index (χ2v) is 6.28. The normalized spacial score (nSPS) is 11.0. The predicted octanol–water partition coefficient (Wildman–Crippen LogP) is 3.38. The first kappa shape index (κ1) is 14.0. The smallest absolute Gasteiger partial charge is 0.152 e. The van der Waals surface area contributed by atoms with E-state index < -0.39 is 0 Å². The second kappa shape index (κ2) is 5.79. The maximum Gasteiger partial charge on any atom is 0.152 e. The number of aryl methyl sites for hydroxylation is 4. The van der Waals surface area contributed by atoms with E-state index in [4.69, 9.17) is 10.8 Å². The van der Waals surface area contributed by atoms with Gasteiger partial charge in [0.25, 0.3) is 0 Å². The van der Waals surface area contributed by atoms with E-state index >= 15 is 0 Å². The van der Waals surface area contributed by atoms with Gasteiger partial charge in [0.05, 0.1) is 5.39 Å². The van der Waals surface area contributed by atoms with Crippen molar-refractivity contribution >= 4 is 27.4 Å². The Morgan fingerprint density at radius 1 is 1.10 bits per heavy atom. The molecule has 0 atom stereocenters. The van der Waals surface area contributed by atoms with Gasteiger partial charge in [-0.2, -0.15) is 0 Å². The van der Waals surface area contributed by atoms with E-state index in [0.29, 0.717) is 0 Å². The Morgan fingerprint density at radius 2 is 1.86 bits per heavy atom. The molecule has 0 amide bonds. The molecule has 0 aliphatic carbocycles. The standard InChI is InChI=1S/C16H18N4S/c1-10-11(2)21-16-14(10)15(20-17)18-13(19-16)9-8-12-6-4-3-5-7-12/h3-7H,8-9,17H2,1-2H3,(H,18,19,20). The minimum absolute atomic E-state index is 0.727. The number of rotatable bonds is 4. The van der Waals surface area contributed by atoms with E-state index in [-0.39, 0.29) is 0 Å². The quantitative estimate of drug-likeness (QED) is 0.572. The van der Waals surface area contributed by atoms with Crippen molar-refractivity contribution in [3.8, 4) is 0 Å². The Kier molecular flexibility index (Phi) is 3.86. The molecule has 0 bridgehead atoms. The maximum atomic E-state index is 5.63. The van der Waals surface area contributed by atoms with E-state index in [9.17, 15) is 0 Å². The summed E-state index contributed by atoms with van der Waals surface area (Å²) in [5, 5.41) is 1.04. The fraction of sp³-hybridized carbons (Fsp3) is 0.250. The van der Waals surface area contributed by atoms with Crippen molar-refractivity contribution in [1.82, 2.24) is 9.97 Å². The lowest BCUT2D eigenvalue weighted by Gasteiger charge is -2.06. The summed E-state index contributed by atoms with van der Waals surface area (Å²) in [5.74, 6) is 7.20. The molecule has 3 aromatic rings. The summed E-state index contributed by atoms with van der Waals surface area (Å²) in [4.78, 5) is 11.5. The van der Waals surface area contributed by atoms with E-state index in [1.165, 1.54) is 16.0 Å². The van der Waals surface area contributed by atoms with Crippen LogP contribution in [-0.2, 0) is 12.8 Å². The number of fused-ring (bicyclic) bond motifs is 1. The number of nitrogens with two attached hydrogens (primary N) is 1. The number of nitrogens with one attached hydrogen (secondary N) is 1. The molecular weight excluding hydrogens is 280 g/mol. The lowest BCUT2D eigenvalue weighted by molar-refractivity contribution is 0.871. The average molecular weight is 298 g/mol. The third-order valence-electron chi connectivity index (χ3n) is 3.69. The summed E-state index contributed by atoms with van der Waals surface area (Å²) in [5.41, 5.74) is 5.22. The summed E-state index contributed by atoms with van der Waals surface area (Å²) >= 11 is 1.70. The van der Waals surface area contributed by atoms with Gasteiger partial charge in [-0.3, -0.25) is 0 Å². The Morgan fingerprint density at radius 3 is 2.57 bits per heavy atom. The van der Waals surface area contributed by atoms with Gasteiger partial charge in [0.15, 0.2) is 5.82 Å². The number of anilines is 1. The van der Waals surface area contributed by atoms with Crippen molar-refractivity contribution in [2.75, 3.05) is 5.43 Å². The van der Waals surface area contributed by atoms with Gasteiger partial charge >= 0.3 is 0 Å². The molecule has 0 saturated heterocycles. The summed E-state index contributed by atoms with van der Waals surface area (Å²) in [6.07, 6.45) is 1.74. The van der Waals surface area contributed by atoms with Crippen LogP contribution >= 0.6 is 11.3 Å². The molecule has 0 unspecified atom stereocenters. The van der Waals surface area contributed by atoms with E-state index in [2.05, 4.69) is 48.5 Å². The maximum absolute atomic E-state index is 5.63. The van der Waals surface area contributed by atoms with Gasteiger partial charge < -0.3 is 5.43 Å². The lowest BCUT2D eigenvalue weighted by atomic mass is 10.1. The number of thiophene rings is 1. The molecule has 4 nitrogen and oxygen atoms in total. The van der Waals surface area contributed by atoms with Gasteiger partial charge in [-0.25, -0.2) is 15.8 Å². The van der Waals surface area contributed by atoms with Gasteiger partial charge in [-0.15, -0.1) is 11.3 Å².